The molecule has 0 aliphatic heterocycles. The molecule has 0 unspecified atom stereocenters. The summed E-state index contributed by atoms with van der Waals surface area (Å²) in [6.45, 7) is 2.42. The molecule has 0 amide bonds. The van der Waals surface area contributed by atoms with Crippen LogP contribution in [0.2, 0.25) is 0 Å². The third-order valence-corrected chi connectivity index (χ3v) is 4.11. The number of alkyl halides is 3. The molecule has 0 spiro atoms. The number of ether oxygens (including phenoxy) is 1. The Bertz CT molecular complexity index is 1240. The molecule has 8 nitrogen and oxygen atoms in total. The van der Waals surface area contributed by atoms with E-state index in [9.17, 15) is 13.2 Å². The number of halogens is 3. The molecule has 4 N–H and O–H groups in total. The minimum absolute atomic E-state index is 0.259. The number of anilines is 1. The quantitative estimate of drug-likeness (QED) is 0.431. The SMILES string of the molecule is Cc1cccc(OCc2nc3ccc(-c4ccnc(N)n4)cc3[nH]2)c1.O=C(O)C(F)(F)F. The van der Waals surface area contributed by atoms with Crippen molar-refractivity contribution in [1.82, 2.24) is 19.9 Å². The molecule has 2 aromatic heterocycles. The summed E-state index contributed by atoms with van der Waals surface area (Å²) in [6, 6.07) is 15.7. The van der Waals surface area contributed by atoms with Gasteiger partial charge in [-0.2, -0.15) is 13.2 Å². The Morgan fingerprint density at radius 1 is 1.16 bits per heavy atom. The van der Waals surface area contributed by atoms with Crippen molar-refractivity contribution in [3.63, 3.8) is 0 Å². The minimum Gasteiger partial charge on any atom is -0.486 e. The van der Waals surface area contributed by atoms with Gasteiger partial charge in [-0.1, -0.05) is 18.2 Å². The van der Waals surface area contributed by atoms with Crippen LogP contribution in [0, 0.1) is 6.92 Å². The number of fused-ring (bicyclic) bond motifs is 1. The largest absolute Gasteiger partial charge is 0.490 e. The Morgan fingerprint density at radius 2 is 1.91 bits per heavy atom. The molecule has 0 fully saturated rings. The summed E-state index contributed by atoms with van der Waals surface area (Å²) < 4.78 is 37.5. The number of benzene rings is 2. The van der Waals surface area contributed by atoms with E-state index >= 15 is 0 Å². The van der Waals surface area contributed by atoms with Gasteiger partial charge in [-0.05, 0) is 42.8 Å². The van der Waals surface area contributed by atoms with Crippen LogP contribution in [-0.4, -0.2) is 37.2 Å². The van der Waals surface area contributed by atoms with Gasteiger partial charge in [0.2, 0.25) is 5.95 Å². The summed E-state index contributed by atoms with van der Waals surface area (Å²) in [6.07, 6.45) is -3.43. The highest BCUT2D eigenvalue weighted by molar-refractivity contribution is 5.81. The number of hydrogen-bond donors (Lipinski definition) is 3. The summed E-state index contributed by atoms with van der Waals surface area (Å²) in [5, 5.41) is 7.12. The first kappa shape index (κ1) is 22.5. The summed E-state index contributed by atoms with van der Waals surface area (Å²) in [4.78, 5) is 24.9. The van der Waals surface area contributed by atoms with E-state index in [0.29, 0.717) is 6.61 Å². The minimum atomic E-state index is -5.08. The number of carboxylic acid groups (broad SMARTS) is 1. The topological polar surface area (TPSA) is 127 Å². The number of nitrogen functional groups attached to an aromatic ring is 1. The van der Waals surface area contributed by atoms with Crippen LogP contribution in [0.4, 0.5) is 19.1 Å². The highest BCUT2D eigenvalue weighted by Gasteiger charge is 2.38. The number of imidazole rings is 1. The molecule has 4 rings (SSSR count). The normalized spacial score (nSPS) is 11.0. The second-order valence-electron chi connectivity index (χ2n) is 6.62. The van der Waals surface area contributed by atoms with Gasteiger partial charge in [0.05, 0.1) is 16.7 Å². The second kappa shape index (κ2) is 9.33. The van der Waals surface area contributed by atoms with Crippen LogP contribution >= 0.6 is 0 Å². The van der Waals surface area contributed by atoms with E-state index < -0.39 is 12.1 Å². The van der Waals surface area contributed by atoms with Crippen LogP contribution in [0.5, 0.6) is 5.75 Å². The number of carboxylic acids is 1. The average molecular weight is 445 g/mol. The standard InChI is InChI=1S/C19H17N5O.C2HF3O2/c1-12-3-2-4-14(9-12)25-11-18-22-16-6-5-13(10-17(16)23-18)15-7-8-21-19(20)24-15;3-2(4,5)1(6)7/h2-10H,11H2,1H3,(H,22,23)(H2,20,21,24);(H,6,7). The third-order valence-electron chi connectivity index (χ3n) is 4.11. The first-order valence-corrected chi connectivity index (χ1v) is 9.19. The summed E-state index contributed by atoms with van der Waals surface area (Å²) in [7, 11) is 0. The number of carbonyl (C=O) groups is 1. The zero-order chi connectivity index (χ0) is 23.3. The first-order valence-electron chi connectivity index (χ1n) is 9.19. The van der Waals surface area contributed by atoms with Crippen LogP contribution in [0.25, 0.3) is 22.3 Å². The number of hydrogen-bond acceptors (Lipinski definition) is 6. The lowest BCUT2D eigenvalue weighted by molar-refractivity contribution is -0.192. The maximum atomic E-state index is 10.6. The Balaban J connectivity index is 0.000000360. The molecule has 11 heteroatoms. The Kier molecular flexibility index (Phi) is 6.57. The van der Waals surface area contributed by atoms with Gasteiger partial charge >= 0.3 is 12.1 Å². The lowest BCUT2D eigenvalue weighted by atomic mass is 10.1. The van der Waals surface area contributed by atoms with Crippen molar-refractivity contribution in [2.75, 3.05) is 5.73 Å². The van der Waals surface area contributed by atoms with Gasteiger partial charge in [-0.15, -0.1) is 0 Å². The van der Waals surface area contributed by atoms with Crippen LogP contribution in [0.15, 0.2) is 54.7 Å². The van der Waals surface area contributed by atoms with Crippen molar-refractivity contribution in [2.24, 2.45) is 0 Å². The fraction of sp³-hybridized carbons (Fsp3) is 0.143. The van der Waals surface area contributed by atoms with Gasteiger partial charge in [0.15, 0.2) is 0 Å². The number of H-pyrrole nitrogens is 1. The molecular weight excluding hydrogens is 427 g/mol. The number of aryl methyl sites for hydroxylation is 1. The van der Waals surface area contributed by atoms with Gasteiger partial charge in [0.25, 0.3) is 0 Å². The molecule has 0 aliphatic carbocycles. The van der Waals surface area contributed by atoms with E-state index in [0.717, 1.165) is 39.4 Å². The summed E-state index contributed by atoms with van der Waals surface area (Å²) >= 11 is 0. The molecule has 2 heterocycles. The number of aromatic nitrogens is 4. The number of nitrogens with zero attached hydrogens (tertiary/aromatic N) is 3. The van der Waals surface area contributed by atoms with E-state index in [1.54, 1.807) is 6.20 Å². The van der Waals surface area contributed by atoms with Crippen molar-refractivity contribution in [3.8, 4) is 17.0 Å². The predicted octanol–water partition coefficient (Wildman–Crippen LogP) is 4.12. The number of nitrogens with one attached hydrogen (secondary N) is 1. The smallest absolute Gasteiger partial charge is 0.486 e. The zero-order valence-corrected chi connectivity index (χ0v) is 16.7. The highest BCUT2D eigenvalue weighted by Crippen LogP contribution is 2.22. The van der Waals surface area contributed by atoms with Gasteiger partial charge < -0.3 is 20.6 Å². The molecular formula is C21H18F3N5O3. The second-order valence-corrected chi connectivity index (χ2v) is 6.62. The van der Waals surface area contributed by atoms with Crippen molar-refractivity contribution in [1.29, 1.82) is 0 Å². The molecule has 4 aromatic rings. The first-order chi connectivity index (χ1) is 15.1. The number of nitrogens with two attached hydrogens (primary N) is 1. The fourth-order valence-corrected chi connectivity index (χ4v) is 2.68. The number of rotatable bonds is 4. The molecule has 0 atom stereocenters. The molecule has 0 radical (unpaired) electrons. The van der Waals surface area contributed by atoms with E-state index in [1.165, 1.54) is 0 Å². The molecule has 0 saturated heterocycles. The van der Waals surface area contributed by atoms with E-state index in [1.807, 2.05) is 55.5 Å². The molecule has 0 saturated carbocycles. The Morgan fingerprint density at radius 3 is 2.56 bits per heavy atom. The summed E-state index contributed by atoms with van der Waals surface area (Å²) in [5.74, 6) is -0.893. The van der Waals surface area contributed by atoms with E-state index in [4.69, 9.17) is 20.4 Å². The van der Waals surface area contributed by atoms with Crippen molar-refractivity contribution in [2.45, 2.75) is 19.7 Å². The van der Waals surface area contributed by atoms with Crippen molar-refractivity contribution in [3.05, 3.63) is 66.1 Å². The lowest BCUT2D eigenvalue weighted by Crippen LogP contribution is -2.21. The maximum absolute atomic E-state index is 10.6. The van der Waals surface area contributed by atoms with Gasteiger partial charge in [-0.3, -0.25) is 0 Å². The van der Waals surface area contributed by atoms with Crippen LogP contribution in [-0.2, 0) is 11.4 Å². The molecule has 2 aromatic carbocycles. The maximum Gasteiger partial charge on any atom is 0.490 e. The zero-order valence-electron chi connectivity index (χ0n) is 16.7. The number of aliphatic carboxylic acids is 1. The molecule has 32 heavy (non-hydrogen) atoms. The van der Waals surface area contributed by atoms with Crippen LogP contribution in [0.1, 0.15) is 11.4 Å². The van der Waals surface area contributed by atoms with Crippen molar-refractivity contribution >= 4 is 23.0 Å². The van der Waals surface area contributed by atoms with Gasteiger partial charge in [0.1, 0.15) is 18.2 Å². The highest BCUT2D eigenvalue weighted by atomic mass is 19.4. The fourth-order valence-electron chi connectivity index (χ4n) is 2.68. The Labute approximate surface area is 179 Å². The third kappa shape index (κ3) is 5.94. The van der Waals surface area contributed by atoms with Crippen molar-refractivity contribution < 1.29 is 27.8 Å². The van der Waals surface area contributed by atoms with Gasteiger partial charge in [0, 0.05) is 11.8 Å². The molecule has 166 valence electrons. The lowest BCUT2D eigenvalue weighted by Gasteiger charge is -2.04. The molecule has 0 bridgehead atoms. The number of aromatic amines is 1. The van der Waals surface area contributed by atoms with Gasteiger partial charge in [-0.25, -0.2) is 19.7 Å². The monoisotopic (exact) mass is 445 g/mol. The van der Waals surface area contributed by atoms with E-state index in [2.05, 4.69) is 19.9 Å². The Hall–Kier alpha value is -4.15. The summed E-state index contributed by atoms with van der Waals surface area (Å²) in [5.41, 5.74) is 10.4. The molecule has 0 aliphatic rings. The van der Waals surface area contributed by atoms with Crippen LogP contribution in [0.3, 0.4) is 0 Å². The van der Waals surface area contributed by atoms with Crippen LogP contribution < -0.4 is 10.5 Å². The average Bonchev–Trinajstić information content (AvgIpc) is 3.14. The predicted molar refractivity (Wildman–Crippen MR) is 111 cm³/mol. The van der Waals surface area contributed by atoms with E-state index in [-0.39, 0.29) is 5.95 Å².